The van der Waals surface area contributed by atoms with E-state index in [2.05, 4.69) is 18.6 Å². The van der Waals surface area contributed by atoms with Crippen LogP contribution in [0.5, 0.6) is 11.5 Å². The van der Waals surface area contributed by atoms with Crippen molar-refractivity contribution in [3.63, 3.8) is 0 Å². The molecule has 0 bridgehead atoms. The second-order valence-electron chi connectivity index (χ2n) is 5.62. The molecule has 3 nitrogen and oxygen atoms in total. The molecule has 0 fully saturated rings. The molecule has 25 heavy (non-hydrogen) atoms. The van der Waals surface area contributed by atoms with Gasteiger partial charge < -0.3 is 15.2 Å². The summed E-state index contributed by atoms with van der Waals surface area (Å²) >= 11 is 0. The Kier molecular flexibility index (Phi) is 7.58. The van der Waals surface area contributed by atoms with Crippen molar-refractivity contribution < 1.29 is 22.6 Å². The lowest BCUT2D eigenvalue weighted by atomic mass is 9.98. The first-order chi connectivity index (χ1) is 11.3. The van der Waals surface area contributed by atoms with Crippen molar-refractivity contribution in [2.75, 3.05) is 13.2 Å². The Labute approximate surface area is 151 Å². The molecule has 0 saturated carbocycles. The molecule has 2 rings (SSSR count). The van der Waals surface area contributed by atoms with Gasteiger partial charge in [0.15, 0.2) is 11.5 Å². The van der Waals surface area contributed by atoms with Gasteiger partial charge in [0.05, 0.1) is 0 Å². The fraction of sp³-hybridized carbons (Fsp3) is 0.333. The van der Waals surface area contributed by atoms with Crippen LogP contribution in [0.3, 0.4) is 0 Å². The third-order valence-electron chi connectivity index (χ3n) is 3.46. The Morgan fingerprint density at radius 2 is 1.56 bits per heavy atom. The number of hydrogen-bond donors (Lipinski definition) is 1. The summed E-state index contributed by atoms with van der Waals surface area (Å²) in [5.74, 6) is 0.0479. The Morgan fingerprint density at radius 3 is 2.08 bits per heavy atom. The molecule has 0 aliphatic heterocycles. The average Bonchev–Trinajstić information content (AvgIpc) is 2.52. The van der Waals surface area contributed by atoms with Crippen LogP contribution in [0.4, 0.5) is 13.2 Å². The van der Waals surface area contributed by atoms with Crippen LogP contribution in [-0.4, -0.2) is 19.5 Å². The molecule has 0 aliphatic rings. The largest absolute Gasteiger partial charge is 0.573 e. The molecule has 0 radical (unpaired) electrons. The van der Waals surface area contributed by atoms with E-state index in [1.165, 1.54) is 17.7 Å². The quantitative estimate of drug-likeness (QED) is 0.760. The average molecular weight is 376 g/mol. The summed E-state index contributed by atoms with van der Waals surface area (Å²) in [6.07, 6.45) is -4.78. The first-order valence-corrected chi connectivity index (χ1v) is 7.63. The topological polar surface area (TPSA) is 44.5 Å². The van der Waals surface area contributed by atoms with Crippen molar-refractivity contribution >= 4 is 12.4 Å². The van der Waals surface area contributed by atoms with Gasteiger partial charge in [0.1, 0.15) is 6.61 Å². The number of benzene rings is 2. The fourth-order valence-electron chi connectivity index (χ4n) is 2.24. The van der Waals surface area contributed by atoms with Crippen molar-refractivity contribution in [1.29, 1.82) is 0 Å². The zero-order valence-corrected chi connectivity index (χ0v) is 14.8. The summed E-state index contributed by atoms with van der Waals surface area (Å²) in [6.45, 7) is 4.48. The number of ether oxygens (including phenoxy) is 2. The van der Waals surface area contributed by atoms with E-state index in [1.54, 1.807) is 6.07 Å². The predicted octanol–water partition coefficient (Wildman–Crippen LogP) is 5.13. The summed E-state index contributed by atoms with van der Waals surface area (Å²) in [5.41, 5.74) is 8.18. The van der Waals surface area contributed by atoms with Gasteiger partial charge in [-0.3, -0.25) is 0 Å². The highest BCUT2D eigenvalue weighted by molar-refractivity contribution is 5.85. The van der Waals surface area contributed by atoms with Crippen molar-refractivity contribution in [2.24, 2.45) is 5.73 Å². The number of halogens is 4. The van der Waals surface area contributed by atoms with E-state index in [0.717, 1.165) is 11.1 Å². The van der Waals surface area contributed by atoms with Gasteiger partial charge in [0.2, 0.25) is 0 Å². The number of alkyl halides is 3. The maximum atomic E-state index is 12.5. The van der Waals surface area contributed by atoms with E-state index in [-0.39, 0.29) is 37.1 Å². The highest BCUT2D eigenvalue weighted by atomic mass is 35.5. The van der Waals surface area contributed by atoms with Crippen LogP contribution in [0.2, 0.25) is 0 Å². The maximum Gasteiger partial charge on any atom is 0.573 e. The molecule has 0 spiro atoms. The van der Waals surface area contributed by atoms with E-state index in [1.807, 2.05) is 24.3 Å². The molecule has 0 unspecified atom stereocenters. The summed E-state index contributed by atoms with van der Waals surface area (Å²) in [6, 6.07) is 12.2. The lowest BCUT2D eigenvalue weighted by Crippen LogP contribution is -2.18. The van der Waals surface area contributed by atoms with Crippen LogP contribution in [0, 0.1) is 0 Å². The van der Waals surface area contributed by atoms with Gasteiger partial charge in [-0.1, -0.05) is 44.2 Å². The smallest absolute Gasteiger partial charge is 0.488 e. The molecule has 0 saturated heterocycles. The van der Waals surface area contributed by atoms with Crippen LogP contribution in [-0.2, 0) is 0 Å². The second-order valence-corrected chi connectivity index (χ2v) is 5.62. The monoisotopic (exact) mass is 375 g/mol. The van der Waals surface area contributed by atoms with Crippen molar-refractivity contribution in [2.45, 2.75) is 26.1 Å². The molecule has 138 valence electrons. The predicted molar refractivity (Wildman–Crippen MR) is 94.4 cm³/mol. The Hall–Kier alpha value is -1.92. The summed E-state index contributed by atoms with van der Waals surface area (Å²) < 4.78 is 46.8. The minimum absolute atomic E-state index is 0. The molecule has 2 aromatic carbocycles. The zero-order valence-electron chi connectivity index (χ0n) is 14.0. The lowest BCUT2D eigenvalue weighted by Gasteiger charge is -2.15. The third kappa shape index (κ3) is 6.14. The molecule has 0 atom stereocenters. The summed E-state index contributed by atoms with van der Waals surface area (Å²) in [5, 5.41) is 0. The number of hydrogen-bond acceptors (Lipinski definition) is 3. The number of nitrogens with two attached hydrogens (primary N) is 1. The van der Waals surface area contributed by atoms with Gasteiger partial charge in [-0.05, 0) is 34.7 Å². The van der Waals surface area contributed by atoms with Crippen LogP contribution >= 0.6 is 12.4 Å². The Bertz CT molecular complexity index is 673. The van der Waals surface area contributed by atoms with E-state index >= 15 is 0 Å². The number of rotatable bonds is 6. The normalized spacial score (nSPS) is 11.2. The standard InChI is InChI=1S/C18H20F3NO2.ClH/c1-12(2)13-3-5-14(6-4-13)15-7-8-16(24-18(19,20)21)17(11-15)23-10-9-22;/h3-8,11-12H,9-10,22H2,1-2H3;1H. The summed E-state index contributed by atoms with van der Waals surface area (Å²) in [4.78, 5) is 0. The van der Waals surface area contributed by atoms with Gasteiger partial charge >= 0.3 is 6.36 Å². The Morgan fingerprint density at radius 1 is 0.960 bits per heavy atom. The molecule has 2 N–H and O–H groups in total. The van der Waals surface area contributed by atoms with Gasteiger partial charge in [0, 0.05) is 6.54 Å². The first kappa shape index (κ1) is 21.1. The van der Waals surface area contributed by atoms with E-state index in [0.29, 0.717) is 5.92 Å². The minimum Gasteiger partial charge on any atom is -0.488 e. The Balaban J connectivity index is 0.00000312. The zero-order chi connectivity index (χ0) is 17.7. The molecule has 0 aromatic heterocycles. The molecule has 0 amide bonds. The van der Waals surface area contributed by atoms with Crippen LogP contribution < -0.4 is 15.2 Å². The molecule has 0 aliphatic carbocycles. The highest BCUT2D eigenvalue weighted by Crippen LogP contribution is 2.36. The fourth-order valence-corrected chi connectivity index (χ4v) is 2.24. The van der Waals surface area contributed by atoms with Crippen molar-refractivity contribution in [1.82, 2.24) is 0 Å². The van der Waals surface area contributed by atoms with E-state index < -0.39 is 6.36 Å². The highest BCUT2D eigenvalue weighted by Gasteiger charge is 2.32. The van der Waals surface area contributed by atoms with Gasteiger partial charge in [0.25, 0.3) is 0 Å². The van der Waals surface area contributed by atoms with Gasteiger partial charge in [-0.15, -0.1) is 25.6 Å². The summed E-state index contributed by atoms with van der Waals surface area (Å²) in [7, 11) is 0. The van der Waals surface area contributed by atoms with Gasteiger partial charge in [-0.2, -0.15) is 0 Å². The van der Waals surface area contributed by atoms with E-state index in [4.69, 9.17) is 10.5 Å². The lowest BCUT2D eigenvalue weighted by molar-refractivity contribution is -0.275. The molecular weight excluding hydrogens is 355 g/mol. The second kappa shape index (κ2) is 8.97. The molecule has 0 heterocycles. The first-order valence-electron chi connectivity index (χ1n) is 7.63. The van der Waals surface area contributed by atoms with Crippen LogP contribution in [0.25, 0.3) is 11.1 Å². The van der Waals surface area contributed by atoms with E-state index in [9.17, 15) is 13.2 Å². The maximum absolute atomic E-state index is 12.5. The van der Waals surface area contributed by atoms with Gasteiger partial charge in [-0.25, -0.2) is 0 Å². The molecule has 2 aromatic rings. The SMILES string of the molecule is CC(C)c1ccc(-c2ccc(OC(F)(F)F)c(OCCN)c2)cc1.Cl. The minimum atomic E-state index is -4.78. The molecular formula is C18H21ClF3NO2. The van der Waals surface area contributed by atoms with Crippen molar-refractivity contribution in [3.05, 3.63) is 48.0 Å². The molecule has 7 heteroatoms. The van der Waals surface area contributed by atoms with Crippen LogP contribution in [0.1, 0.15) is 25.3 Å². The van der Waals surface area contributed by atoms with Crippen LogP contribution in [0.15, 0.2) is 42.5 Å². The third-order valence-corrected chi connectivity index (χ3v) is 3.46. The van der Waals surface area contributed by atoms with Crippen molar-refractivity contribution in [3.8, 4) is 22.6 Å².